The summed E-state index contributed by atoms with van der Waals surface area (Å²) in [4.78, 5) is 3.24. The summed E-state index contributed by atoms with van der Waals surface area (Å²) < 4.78 is 0. The van der Waals surface area contributed by atoms with Gasteiger partial charge in [0.05, 0.1) is 0 Å². The number of anilines is 2. The number of aromatic amines is 1. The normalized spacial score (nSPS) is 12.8. The molecule has 1 heterocycles. The zero-order valence-corrected chi connectivity index (χ0v) is 10.5. The summed E-state index contributed by atoms with van der Waals surface area (Å²) >= 11 is 0. The summed E-state index contributed by atoms with van der Waals surface area (Å²) in [5.74, 6) is 0. The maximum Gasteiger partial charge on any atom is 0.0474 e. The third-order valence-corrected chi connectivity index (χ3v) is 3.62. The van der Waals surface area contributed by atoms with Gasteiger partial charge in [0.2, 0.25) is 0 Å². The minimum absolute atomic E-state index is 1.06. The summed E-state index contributed by atoms with van der Waals surface area (Å²) in [6.07, 6.45) is 7.42. The molecule has 2 heteroatoms. The Bertz CT molecular complexity index is 781. The average molecular weight is 246 g/mol. The third kappa shape index (κ3) is 1.82. The topological polar surface area (TPSA) is 27.8 Å². The van der Waals surface area contributed by atoms with Crippen LogP contribution in [0.4, 0.5) is 11.4 Å². The Hall–Kier alpha value is -2.48. The maximum atomic E-state index is 3.46. The van der Waals surface area contributed by atoms with Crippen molar-refractivity contribution in [2.24, 2.45) is 0 Å². The summed E-state index contributed by atoms with van der Waals surface area (Å²) in [5, 5.41) is 4.70. The zero-order chi connectivity index (χ0) is 12.7. The van der Waals surface area contributed by atoms with Crippen molar-refractivity contribution < 1.29 is 0 Å². The molecule has 0 bridgehead atoms. The van der Waals surface area contributed by atoms with E-state index >= 15 is 0 Å². The van der Waals surface area contributed by atoms with Crippen molar-refractivity contribution in [2.45, 2.75) is 6.42 Å². The van der Waals surface area contributed by atoms with Crippen LogP contribution in [0, 0.1) is 0 Å². The van der Waals surface area contributed by atoms with Crippen molar-refractivity contribution in [3.05, 3.63) is 65.9 Å². The van der Waals surface area contributed by atoms with Gasteiger partial charge in [-0.15, -0.1) is 0 Å². The van der Waals surface area contributed by atoms with Crippen LogP contribution in [-0.2, 0) is 6.42 Å². The molecule has 92 valence electrons. The number of rotatable bonds is 2. The molecule has 0 fully saturated rings. The molecule has 1 aromatic heterocycles. The number of aromatic nitrogens is 1. The first-order chi connectivity index (χ1) is 9.38. The predicted molar refractivity (Wildman–Crippen MR) is 80.8 cm³/mol. The monoisotopic (exact) mass is 246 g/mol. The van der Waals surface area contributed by atoms with Crippen molar-refractivity contribution in [3.63, 3.8) is 0 Å². The standard InChI is InChI=1S/C17H14N2/c1-2-12-4-6-15(10-14(12)3-1)19-16-7-5-13-8-9-18-17(13)11-16/h1,3-11,18-19H,2H2. The lowest BCUT2D eigenvalue weighted by atomic mass is 10.1. The number of hydrogen-bond acceptors (Lipinski definition) is 1. The largest absolute Gasteiger partial charge is 0.361 e. The fourth-order valence-corrected chi connectivity index (χ4v) is 2.62. The van der Waals surface area contributed by atoms with E-state index in [1.807, 2.05) is 6.20 Å². The minimum Gasteiger partial charge on any atom is -0.361 e. The number of fused-ring (bicyclic) bond motifs is 2. The first kappa shape index (κ1) is 10.4. The molecule has 19 heavy (non-hydrogen) atoms. The molecular formula is C17H14N2. The molecule has 2 N–H and O–H groups in total. The highest BCUT2D eigenvalue weighted by atomic mass is 14.9. The van der Waals surface area contributed by atoms with Gasteiger partial charge in [0, 0.05) is 23.1 Å². The van der Waals surface area contributed by atoms with E-state index in [-0.39, 0.29) is 0 Å². The quantitative estimate of drug-likeness (QED) is 0.685. The summed E-state index contributed by atoms with van der Waals surface area (Å²) in [6, 6.07) is 15.0. The summed E-state index contributed by atoms with van der Waals surface area (Å²) in [6.45, 7) is 0. The minimum atomic E-state index is 1.06. The van der Waals surface area contributed by atoms with Crippen LogP contribution < -0.4 is 5.32 Å². The molecule has 0 saturated carbocycles. The molecule has 0 spiro atoms. The molecule has 0 radical (unpaired) electrons. The van der Waals surface area contributed by atoms with Crippen molar-refractivity contribution in [1.29, 1.82) is 0 Å². The van der Waals surface area contributed by atoms with Gasteiger partial charge in [-0.3, -0.25) is 0 Å². The second kappa shape index (κ2) is 4.02. The maximum absolute atomic E-state index is 3.46. The molecule has 0 aliphatic heterocycles. The van der Waals surface area contributed by atoms with E-state index in [2.05, 4.69) is 64.9 Å². The highest BCUT2D eigenvalue weighted by Crippen LogP contribution is 2.26. The second-order valence-corrected chi connectivity index (χ2v) is 4.92. The van der Waals surface area contributed by atoms with Gasteiger partial charge >= 0.3 is 0 Å². The van der Waals surface area contributed by atoms with E-state index in [0.717, 1.165) is 23.3 Å². The van der Waals surface area contributed by atoms with E-state index < -0.39 is 0 Å². The summed E-state index contributed by atoms with van der Waals surface area (Å²) in [7, 11) is 0. The Kier molecular flexibility index (Phi) is 2.21. The number of allylic oxidation sites excluding steroid dienone is 1. The lowest BCUT2D eigenvalue weighted by Gasteiger charge is -2.08. The van der Waals surface area contributed by atoms with Gasteiger partial charge < -0.3 is 10.3 Å². The van der Waals surface area contributed by atoms with Gasteiger partial charge in [0.15, 0.2) is 0 Å². The van der Waals surface area contributed by atoms with Gasteiger partial charge in [-0.1, -0.05) is 24.3 Å². The SMILES string of the molecule is C1=Cc2cc(Nc3ccc4cc[nH]c4c3)ccc2C1. The lowest BCUT2D eigenvalue weighted by molar-refractivity contribution is 1.31. The first-order valence-electron chi connectivity index (χ1n) is 6.52. The van der Waals surface area contributed by atoms with E-state index in [4.69, 9.17) is 0 Å². The predicted octanol–water partition coefficient (Wildman–Crippen LogP) is 4.48. The van der Waals surface area contributed by atoms with Crippen LogP contribution in [0.25, 0.3) is 17.0 Å². The molecule has 1 aliphatic carbocycles. The molecule has 1 aliphatic rings. The van der Waals surface area contributed by atoms with Crippen LogP contribution in [0.5, 0.6) is 0 Å². The van der Waals surface area contributed by atoms with Crippen molar-refractivity contribution >= 4 is 28.4 Å². The van der Waals surface area contributed by atoms with Crippen molar-refractivity contribution in [3.8, 4) is 0 Å². The van der Waals surface area contributed by atoms with Crippen molar-refractivity contribution in [2.75, 3.05) is 5.32 Å². The van der Waals surface area contributed by atoms with E-state index in [1.54, 1.807) is 0 Å². The highest BCUT2D eigenvalue weighted by Gasteiger charge is 2.05. The molecule has 0 saturated heterocycles. The van der Waals surface area contributed by atoms with Gasteiger partial charge in [-0.2, -0.15) is 0 Å². The Morgan fingerprint density at radius 2 is 1.84 bits per heavy atom. The zero-order valence-electron chi connectivity index (χ0n) is 10.5. The summed E-state index contributed by atoms with van der Waals surface area (Å²) in [5.41, 5.74) is 6.13. The second-order valence-electron chi connectivity index (χ2n) is 4.92. The molecule has 4 rings (SSSR count). The van der Waals surface area contributed by atoms with E-state index in [1.165, 1.54) is 16.5 Å². The molecular weight excluding hydrogens is 232 g/mol. The van der Waals surface area contributed by atoms with Gasteiger partial charge in [0.1, 0.15) is 0 Å². The van der Waals surface area contributed by atoms with Crippen LogP contribution in [0.1, 0.15) is 11.1 Å². The Labute approximate surface area is 111 Å². The van der Waals surface area contributed by atoms with E-state index in [9.17, 15) is 0 Å². The first-order valence-corrected chi connectivity index (χ1v) is 6.52. The third-order valence-electron chi connectivity index (χ3n) is 3.62. The van der Waals surface area contributed by atoms with Crippen LogP contribution in [0.15, 0.2) is 54.7 Å². The van der Waals surface area contributed by atoms with Gasteiger partial charge in [-0.25, -0.2) is 0 Å². The number of nitrogens with one attached hydrogen (secondary N) is 2. The molecule has 0 amide bonds. The highest BCUT2D eigenvalue weighted by molar-refractivity contribution is 5.84. The van der Waals surface area contributed by atoms with Gasteiger partial charge in [-0.05, 0) is 53.3 Å². The molecule has 0 unspecified atom stereocenters. The van der Waals surface area contributed by atoms with Crippen LogP contribution in [-0.4, -0.2) is 4.98 Å². The molecule has 0 atom stereocenters. The molecule has 2 aromatic carbocycles. The lowest BCUT2D eigenvalue weighted by Crippen LogP contribution is -1.91. The van der Waals surface area contributed by atoms with Crippen LogP contribution >= 0.6 is 0 Å². The smallest absolute Gasteiger partial charge is 0.0474 e. The van der Waals surface area contributed by atoms with Crippen LogP contribution in [0.2, 0.25) is 0 Å². The van der Waals surface area contributed by atoms with E-state index in [0.29, 0.717) is 0 Å². The van der Waals surface area contributed by atoms with Crippen molar-refractivity contribution in [1.82, 2.24) is 4.98 Å². The Morgan fingerprint density at radius 3 is 2.84 bits per heavy atom. The van der Waals surface area contributed by atoms with Crippen LogP contribution in [0.3, 0.4) is 0 Å². The average Bonchev–Trinajstić information content (AvgIpc) is 3.05. The molecule has 2 nitrogen and oxygen atoms in total. The number of hydrogen-bond donors (Lipinski definition) is 2. The Balaban J connectivity index is 1.68. The fraction of sp³-hybridized carbons (Fsp3) is 0.0588. The Morgan fingerprint density at radius 1 is 0.947 bits per heavy atom. The van der Waals surface area contributed by atoms with Gasteiger partial charge in [0.25, 0.3) is 0 Å². The molecule has 3 aromatic rings. The number of benzene rings is 2. The fourth-order valence-electron chi connectivity index (χ4n) is 2.62. The number of H-pyrrole nitrogens is 1.